The first kappa shape index (κ1) is 22.7. The second-order valence-corrected chi connectivity index (χ2v) is 8.98. The van der Waals surface area contributed by atoms with Gasteiger partial charge in [-0.25, -0.2) is 10.4 Å². The van der Waals surface area contributed by atoms with Crippen LogP contribution < -0.4 is 5.43 Å². The molecule has 0 aliphatic heterocycles. The number of hydrogen-bond donors (Lipinski definition) is 1. The van der Waals surface area contributed by atoms with Gasteiger partial charge >= 0.3 is 0 Å². The molecule has 32 heavy (non-hydrogen) atoms. The van der Waals surface area contributed by atoms with E-state index in [1.807, 2.05) is 48.5 Å². The van der Waals surface area contributed by atoms with Crippen molar-refractivity contribution in [3.63, 3.8) is 0 Å². The molecule has 162 valence electrons. The quantitative estimate of drug-likeness (QED) is 0.183. The van der Waals surface area contributed by atoms with Gasteiger partial charge in [-0.3, -0.25) is 4.79 Å². The zero-order chi connectivity index (χ0) is 22.5. The number of rotatable bonds is 7. The van der Waals surface area contributed by atoms with Crippen molar-refractivity contribution in [2.24, 2.45) is 5.10 Å². The van der Waals surface area contributed by atoms with Crippen molar-refractivity contribution in [1.82, 2.24) is 15.0 Å². The number of hydrogen-bond acceptors (Lipinski definition) is 4. The van der Waals surface area contributed by atoms with Crippen molar-refractivity contribution in [3.8, 4) is 0 Å². The Kier molecular flexibility index (Phi) is 7.37. The summed E-state index contributed by atoms with van der Waals surface area (Å²) in [7, 11) is 0. The molecule has 1 aromatic heterocycles. The maximum Gasteiger partial charge on any atom is 0.250 e. The zero-order valence-electron chi connectivity index (χ0n) is 16.6. The Hall–Kier alpha value is -2.51. The third-order valence-electron chi connectivity index (χ3n) is 4.58. The van der Waals surface area contributed by atoms with Gasteiger partial charge in [0.15, 0.2) is 5.16 Å². The van der Waals surface area contributed by atoms with Gasteiger partial charge in [0.1, 0.15) is 0 Å². The van der Waals surface area contributed by atoms with E-state index in [1.165, 1.54) is 18.0 Å². The third kappa shape index (κ3) is 5.45. The SMILES string of the molecule is O=C(CSc1nc2ccccc2n1Cc1ccc(Cl)cc1)N/N=C/c1cccc(Cl)c1Cl. The minimum Gasteiger partial charge on any atom is -0.314 e. The van der Waals surface area contributed by atoms with E-state index < -0.39 is 0 Å². The van der Waals surface area contributed by atoms with Crippen LogP contribution in [0, 0.1) is 0 Å². The van der Waals surface area contributed by atoms with Crippen LogP contribution in [0.2, 0.25) is 15.1 Å². The molecule has 5 nitrogen and oxygen atoms in total. The van der Waals surface area contributed by atoms with E-state index >= 15 is 0 Å². The lowest BCUT2D eigenvalue weighted by Gasteiger charge is -2.09. The molecule has 0 aliphatic carbocycles. The Bertz CT molecular complexity index is 1290. The first-order valence-electron chi connectivity index (χ1n) is 9.59. The van der Waals surface area contributed by atoms with Gasteiger partial charge in [-0.1, -0.05) is 83.0 Å². The monoisotopic (exact) mass is 502 g/mol. The summed E-state index contributed by atoms with van der Waals surface area (Å²) >= 11 is 19.5. The molecule has 0 radical (unpaired) electrons. The summed E-state index contributed by atoms with van der Waals surface area (Å²) in [5.74, 6) is -0.0978. The molecule has 0 saturated carbocycles. The van der Waals surface area contributed by atoms with Crippen LogP contribution in [0.3, 0.4) is 0 Å². The largest absolute Gasteiger partial charge is 0.314 e. The minimum atomic E-state index is -0.255. The van der Waals surface area contributed by atoms with Crippen LogP contribution in [-0.4, -0.2) is 27.4 Å². The average Bonchev–Trinajstić information content (AvgIpc) is 3.14. The summed E-state index contributed by atoms with van der Waals surface area (Å²) in [5, 5.41) is 6.23. The smallest absolute Gasteiger partial charge is 0.250 e. The van der Waals surface area contributed by atoms with E-state index in [9.17, 15) is 4.79 Å². The standard InChI is InChI=1S/C23H17Cl3N4OS/c24-17-10-8-15(9-11-17)13-30-20-7-2-1-6-19(20)28-23(30)32-14-21(31)29-27-12-16-4-3-5-18(25)22(16)26/h1-12H,13-14H2,(H,29,31)/b27-12+. The summed E-state index contributed by atoms with van der Waals surface area (Å²) in [6.45, 7) is 0.618. The van der Waals surface area contributed by atoms with Crippen molar-refractivity contribution in [2.75, 3.05) is 5.75 Å². The van der Waals surface area contributed by atoms with Crippen LogP contribution in [0.1, 0.15) is 11.1 Å². The number of nitrogens with one attached hydrogen (secondary N) is 1. The lowest BCUT2D eigenvalue weighted by molar-refractivity contribution is -0.118. The Balaban J connectivity index is 1.45. The molecular weight excluding hydrogens is 487 g/mol. The lowest BCUT2D eigenvalue weighted by Crippen LogP contribution is -2.20. The van der Waals surface area contributed by atoms with Gasteiger partial charge < -0.3 is 4.57 Å². The molecule has 0 atom stereocenters. The van der Waals surface area contributed by atoms with E-state index in [-0.39, 0.29) is 11.7 Å². The first-order chi connectivity index (χ1) is 15.5. The Morgan fingerprint density at radius 1 is 1.03 bits per heavy atom. The lowest BCUT2D eigenvalue weighted by atomic mass is 10.2. The van der Waals surface area contributed by atoms with Crippen molar-refractivity contribution in [3.05, 3.63) is 92.9 Å². The summed E-state index contributed by atoms with van der Waals surface area (Å²) in [4.78, 5) is 17.0. The number of carbonyl (C=O) groups excluding carboxylic acids is 1. The fourth-order valence-electron chi connectivity index (χ4n) is 3.05. The number of aromatic nitrogens is 2. The second-order valence-electron chi connectivity index (χ2n) is 6.82. The number of amides is 1. The number of thioether (sulfide) groups is 1. The van der Waals surface area contributed by atoms with Crippen molar-refractivity contribution in [1.29, 1.82) is 0 Å². The molecule has 9 heteroatoms. The molecule has 0 unspecified atom stereocenters. The normalized spacial score (nSPS) is 11.3. The molecule has 1 N–H and O–H groups in total. The fraction of sp³-hybridized carbons (Fsp3) is 0.0870. The minimum absolute atomic E-state index is 0.157. The number of para-hydroxylation sites is 2. The Labute approximate surface area is 204 Å². The van der Waals surface area contributed by atoms with Crippen LogP contribution in [0.15, 0.2) is 77.0 Å². The van der Waals surface area contributed by atoms with Gasteiger partial charge in [0.2, 0.25) is 0 Å². The highest BCUT2D eigenvalue weighted by atomic mass is 35.5. The predicted molar refractivity (Wildman–Crippen MR) is 133 cm³/mol. The fourth-order valence-corrected chi connectivity index (χ4v) is 4.33. The molecule has 4 rings (SSSR count). The summed E-state index contributed by atoms with van der Waals surface area (Å²) in [6.07, 6.45) is 1.46. The Morgan fingerprint density at radius 3 is 2.62 bits per heavy atom. The van der Waals surface area contributed by atoms with Crippen LogP contribution in [0.4, 0.5) is 0 Å². The molecule has 0 spiro atoms. The van der Waals surface area contributed by atoms with Crippen molar-refractivity contribution in [2.45, 2.75) is 11.7 Å². The van der Waals surface area contributed by atoms with Gasteiger partial charge in [-0.2, -0.15) is 5.10 Å². The van der Waals surface area contributed by atoms with Gasteiger partial charge in [-0.15, -0.1) is 0 Å². The molecule has 0 saturated heterocycles. The molecule has 4 aromatic rings. The van der Waals surface area contributed by atoms with Crippen LogP contribution in [0.25, 0.3) is 11.0 Å². The van der Waals surface area contributed by atoms with Gasteiger partial charge in [0.25, 0.3) is 5.91 Å². The van der Waals surface area contributed by atoms with Crippen LogP contribution in [0.5, 0.6) is 0 Å². The second kappa shape index (κ2) is 10.4. The van der Waals surface area contributed by atoms with Crippen molar-refractivity contribution < 1.29 is 4.79 Å². The van der Waals surface area contributed by atoms with Gasteiger partial charge in [0.05, 0.1) is 39.6 Å². The molecule has 1 amide bonds. The predicted octanol–water partition coefficient (Wildman–Crippen LogP) is 6.29. The first-order valence-corrected chi connectivity index (χ1v) is 11.7. The van der Waals surface area contributed by atoms with E-state index in [0.717, 1.165) is 21.8 Å². The number of nitrogens with zero attached hydrogens (tertiary/aromatic N) is 3. The maximum atomic E-state index is 12.3. The number of halogens is 3. The number of hydrazone groups is 1. The van der Waals surface area contributed by atoms with Gasteiger partial charge in [-0.05, 0) is 35.9 Å². The number of benzene rings is 3. The highest BCUT2D eigenvalue weighted by molar-refractivity contribution is 7.99. The summed E-state index contributed by atoms with van der Waals surface area (Å²) in [6, 6.07) is 20.8. The van der Waals surface area contributed by atoms with Crippen LogP contribution >= 0.6 is 46.6 Å². The van der Waals surface area contributed by atoms with Gasteiger partial charge in [0, 0.05) is 10.6 Å². The molecular formula is C23H17Cl3N4OS. The third-order valence-corrected chi connectivity index (χ3v) is 6.64. The topological polar surface area (TPSA) is 59.3 Å². The summed E-state index contributed by atoms with van der Waals surface area (Å²) < 4.78 is 2.09. The van der Waals surface area contributed by atoms with Crippen LogP contribution in [-0.2, 0) is 11.3 Å². The molecule has 3 aromatic carbocycles. The molecule has 0 bridgehead atoms. The molecule has 1 heterocycles. The van der Waals surface area contributed by atoms with E-state index in [0.29, 0.717) is 27.2 Å². The van der Waals surface area contributed by atoms with E-state index in [2.05, 4.69) is 15.1 Å². The van der Waals surface area contributed by atoms with E-state index in [4.69, 9.17) is 39.8 Å². The Morgan fingerprint density at radius 2 is 1.81 bits per heavy atom. The highest BCUT2D eigenvalue weighted by Gasteiger charge is 2.13. The maximum absolute atomic E-state index is 12.3. The highest BCUT2D eigenvalue weighted by Crippen LogP contribution is 2.26. The zero-order valence-corrected chi connectivity index (χ0v) is 19.7. The molecule has 0 fully saturated rings. The number of imidazole rings is 1. The van der Waals surface area contributed by atoms with Crippen molar-refractivity contribution >= 4 is 69.7 Å². The average molecular weight is 504 g/mol. The summed E-state index contributed by atoms with van der Waals surface area (Å²) in [5.41, 5.74) is 6.10. The number of fused-ring (bicyclic) bond motifs is 1. The van der Waals surface area contributed by atoms with E-state index in [1.54, 1.807) is 18.2 Å². The molecule has 0 aliphatic rings. The number of carbonyl (C=O) groups is 1.